The van der Waals surface area contributed by atoms with Gasteiger partial charge in [0, 0.05) is 10.8 Å². The van der Waals surface area contributed by atoms with Crippen molar-refractivity contribution in [1.29, 1.82) is 0 Å². The average molecular weight is 556 g/mol. The summed E-state index contributed by atoms with van der Waals surface area (Å²) >= 11 is 0. The van der Waals surface area contributed by atoms with Crippen LogP contribution in [0.5, 0.6) is 0 Å². The fourth-order valence-electron chi connectivity index (χ4n) is 3.44. The van der Waals surface area contributed by atoms with Crippen molar-refractivity contribution in [1.82, 2.24) is 15.0 Å². The Kier molecular flexibility index (Phi) is 6.12. The number of alkyl halides is 4. The van der Waals surface area contributed by atoms with E-state index in [2.05, 4.69) is 15.3 Å². The minimum absolute atomic E-state index is 0.0305. The lowest BCUT2D eigenvalue weighted by Gasteiger charge is -2.23. The molecule has 3 aromatic rings. The number of amides is 1. The first kappa shape index (κ1) is 26.8. The van der Waals surface area contributed by atoms with E-state index in [1.165, 1.54) is 0 Å². The predicted molar refractivity (Wildman–Crippen MR) is 107 cm³/mol. The number of benzene rings is 2. The maximum atomic E-state index is 14.1. The number of hydrazine groups is 1. The van der Waals surface area contributed by atoms with E-state index in [0.717, 1.165) is 32.0 Å². The molecular weight excluding hydrogens is 546 g/mol. The maximum absolute atomic E-state index is 14.1. The molecule has 202 valence electrons. The van der Waals surface area contributed by atoms with Gasteiger partial charge in [-0.05, 0) is 26.0 Å². The van der Waals surface area contributed by atoms with Gasteiger partial charge in [0.15, 0.2) is 29.0 Å². The molecule has 1 fully saturated rings. The van der Waals surface area contributed by atoms with Gasteiger partial charge in [0.25, 0.3) is 5.56 Å². The largest absolute Gasteiger partial charge is 0.419 e. The summed E-state index contributed by atoms with van der Waals surface area (Å²) in [5.74, 6) is -19.8. The molecule has 1 aliphatic heterocycles. The third-order valence-corrected chi connectivity index (χ3v) is 5.46. The van der Waals surface area contributed by atoms with Gasteiger partial charge in [0.1, 0.15) is 5.69 Å². The van der Waals surface area contributed by atoms with Crippen molar-refractivity contribution < 1.29 is 48.8 Å². The average Bonchev–Trinajstić information content (AvgIpc) is 3.19. The number of anilines is 1. The van der Waals surface area contributed by atoms with Gasteiger partial charge in [-0.15, -0.1) is 14.7 Å². The number of aromatic amines is 1. The van der Waals surface area contributed by atoms with Crippen LogP contribution in [0.4, 0.5) is 61.1 Å². The number of nitrogens with one attached hydrogen (secondary N) is 1. The highest BCUT2D eigenvalue weighted by atomic mass is 19.3. The molecule has 4 rings (SSSR count). The Hall–Kier alpha value is -4.22. The number of carbonyl (C=O) groups is 1. The van der Waals surface area contributed by atoms with E-state index in [1.54, 1.807) is 0 Å². The maximum Gasteiger partial charge on any atom is 0.419 e. The summed E-state index contributed by atoms with van der Waals surface area (Å²) < 4.78 is 137. The van der Waals surface area contributed by atoms with E-state index in [1.807, 2.05) is 0 Å². The van der Waals surface area contributed by atoms with Crippen LogP contribution in [-0.4, -0.2) is 32.9 Å². The molecule has 1 amide bonds. The third kappa shape index (κ3) is 3.57. The summed E-state index contributed by atoms with van der Waals surface area (Å²) in [5.41, 5.74) is -5.62. The summed E-state index contributed by atoms with van der Waals surface area (Å²) in [5, 5.41) is 6.80. The Labute approximate surface area is 203 Å². The molecule has 0 spiro atoms. The Morgan fingerprint density at radius 1 is 0.842 bits per heavy atom. The van der Waals surface area contributed by atoms with Gasteiger partial charge < -0.3 is 0 Å². The number of carbonyl (C=O) groups excluding carboxylic acids is 1. The fourth-order valence-corrected chi connectivity index (χ4v) is 3.44. The lowest BCUT2D eigenvalue weighted by Crippen LogP contribution is -2.45. The second kappa shape index (κ2) is 8.67. The van der Waals surface area contributed by atoms with Gasteiger partial charge in [0.2, 0.25) is 5.82 Å². The number of hydrogen-bond donors (Lipinski definition) is 1. The van der Waals surface area contributed by atoms with Crippen LogP contribution in [-0.2, 0) is 4.79 Å². The number of nitrogens with zero attached hydrogens (tertiary/aromatic N) is 5. The van der Waals surface area contributed by atoms with Crippen LogP contribution in [0.1, 0.15) is 11.3 Å². The number of aryl methyl sites for hydroxylation is 1. The van der Waals surface area contributed by atoms with E-state index < -0.39 is 79.8 Å². The predicted octanol–water partition coefficient (Wildman–Crippen LogP) is 5.57. The summed E-state index contributed by atoms with van der Waals surface area (Å²) in [6.07, 6.45) is 0. The van der Waals surface area contributed by atoms with Crippen molar-refractivity contribution in [3.63, 3.8) is 0 Å². The molecule has 1 aliphatic rings. The van der Waals surface area contributed by atoms with Crippen LogP contribution in [0, 0.1) is 42.9 Å². The molecule has 1 saturated heterocycles. The zero-order chi connectivity index (χ0) is 28.5. The van der Waals surface area contributed by atoms with Crippen LogP contribution in [0.15, 0.2) is 33.2 Å². The van der Waals surface area contributed by atoms with Gasteiger partial charge in [-0.1, -0.05) is 6.07 Å². The molecule has 0 atom stereocenters. The van der Waals surface area contributed by atoms with Crippen molar-refractivity contribution >= 4 is 23.0 Å². The molecule has 18 heteroatoms. The Morgan fingerprint density at radius 2 is 1.39 bits per heavy atom. The Morgan fingerprint density at radius 3 is 1.92 bits per heavy atom. The van der Waals surface area contributed by atoms with Gasteiger partial charge in [0.05, 0.1) is 17.1 Å². The van der Waals surface area contributed by atoms with Crippen LogP contribution in [0.3, 0.4) is 0 Å². The van der Waals surface area contributed by atoms with E-state index >= 15 is 0 Å². The van der Waals surface area contributed by atoms with Gasteiger partial charge in [-0.25, -0.2) is 31.6 Å². The van der Waals surface area contributed by atoms with Crippen molar-refractivity contribution in [2.75, 3.05) is 5.01 Å². The van der Waals surface area contributed by atoms with Crippen LogP contribution < -0.4 is 10.6 Å². The topological polar surface area (TPSA) is 86.1 Å². The monoisotopic (exact) mass is 556 g/mol. The van der Waals surface area contributed by atoms with Crippen LogP contribution in [0.25, 0.3) is 5.69 Å². The number of hydrogen-bond acceptors (Lipinski definition) is 5. The SMILES string of the molecule is Cc1[nH]n(-c2c(F)c(F)c(F)c(F)c2F)c(=O)c1N=Nc1cccc(N2C(=O)C(F)(F)C(F)(F)N2F)c1C. The van der Waals surface area contributed by atoms with E-state index in [9.17, 15) is 53.6 Å². The molecule has 8 nitrogen and oxygen atoms in total. The van der Waals surface area contributed by atoms with E-state index in [0.29, 0.717) is 0 Å². The second-order valence-electron chi connectivity index (χ2n) is 7.76. The summed E-state index contributed by atoms with van der Waals surface area (Å²) in [7, 11) is 0. The Bertz CT molecular complexity index is 1550. The smallest absolute Gasteiger partial charge is 0.293 e. The quantitative estimate of drug-likeness (QED) is 0.114. The minimum atomic E-state index is -5.51. The zero-order valence-corrected chi connectivity index (χ0v) is 18.6. The second-order valence-corrected chi connectivity index (χ2v) is 7.76. The molecule has 0 radical (unpaired) electrons. The zero-order valence-electron chi connectivity index (χ0n) is 18.6. The molecule has 1 N–H and O–H groups in total. The van der Waals surface area contributed by atoms with Crippen LogP contribution >= 0.6 is 0 Å². The summed E-state index contributed by atoms with van der Waals surface area (Å²) in [4.78, 5) is 24.5. The first-order chi connectivity index (χ1) is 17.6. The molecule has 2 aromatic carbocycles. The number of rotatable bonds is 4. The molecular formula is C20H10F10N6O2. The minimum Gasteiger partial charge on any atom is -0.293 e. The molecule has 0 aliphatic carbocycles. The van der Waals surface area contributed by atoms with Crippen molar-refractivity contribution in [2.24, 2.45) is 10.2 Å². The molecule has 2 heterocycles. The molecule has 0 bridgehead atoms. The molecule has 1 aromatic heterocycles. The van der Waals surface area contributed by atoms with E-state index in [4.69, 9.17) is 0 Å². The van der Waals surface area contributed by atoms with Crippen molar-refractivity contribution in [3.8, 4) is 5.69 Å². The van der Waals surface area contributed by atoms with Crippen molar-refractivity contribution in [3.05, 3.63) is 68.9 Å². The Balaban J connectivity index is 1.77. The van der Waals surface area contributed by atoms with Gasteiger partial charge >= 0.3 is 17.9 Å². The first-order valence-corrected chi connectivity index (χ1v) is 9.96. The lowest BCUT2D eigenvalue weighted by molar-refractivity contribution is -0.292. The molecule has 0 unspecified atom stereocenters. The highest BCUT2D eigenvalue weighted by Gasteiger charge is 2.76. The highest BCUT2D eigenvalue weighted by Crippen LogP contribution is 2.48. The summed E-state index contributed by atoms with van der Waals surface area (Å²) in [6, 6.07) is -2.60. The molecule has 0 saturated carbocycles. The normalized spacial score (nSPS) is 17.3. The highest BCUT2D eigenvalue weighted by molar-refractivity contribution is 6.01. The third-order valence-electron chi connectivity index (χ3n) is 5.46. The van der Waals surface area contributed by atoms with Gasteiger partial charge in [-0.3, -0.25) is 14.7 Å². The summed E-state index contributed by atoms with van der Waals surface area (Å²) in [6.45, 7) is 2.16. The lowest BCUT2D eigenvalue weighted by atomic mass is 10.1. The number of H-pyrrole nitrogens is 1. The number of halogens is 10. The fraction of sp³-hybridized carbons (Fsp3) is 0.200. The first-order valence-electron chi connectivity index (χ1n) is 9.96. The van der Waals surface area contributed by atoms with E-state index in [-0.39, 0.29) is 21.6 Å². The number of aromatic nitrogens is 2. The number of azo groups is 1. The standard InChI is InChI=1S/C20H10F10N6O2/c1-6-8(4-3-5-9(6)35-18(38)19(26,27)20(28,29)36(35)30)31-32-15-7(2)33-34(17(15)37)16-13(24)11(22)10(21)12(23)14(16)25/h3-5,33H,1-2H3. The van der Waals surface area contributed by atoms with Crippen molar-refractivity contribution in [2.45, 2.75) is 25.8 Å². The van der Waals surface area contributed by atoms with Crippen LogP contribution in [0.2, 0.25) is 0 Å². The van der Waals surface area contributed by atoms with Gasteiger partial charge in [-0.2, -0.15) is 17.6 Å². The molecule has 38 heavy (non-hydrogen) atoms.